The molecule has 1 aromatic carbocycles. The molecule has 0 saturated heterocycles. The summed E-state index contributed by atoms with van der Waals surface area (Å²) in [5.41, 5.74) is 0.794. The number of rotatable bonds is 2. The SMILES string of the molecule is CCc1oc(=O)oc1-c1ccc(Cl)cc1. The van der Waals surface area contributed by atoms with E-state index in [1.807, 2.05) is 6.92 Å². The van der Waals surface area contributed by atoms with Crippen molar-refractivity contribution in [3.05, 3.63) is 45.7 Å². The Kier molecular flexibility index (Phi) is 2.64. The Balaban J connectivity index is 2.53. The zero-order valence-electron chi connectivity index (χ0n) is 8.12. The van der Waals surface area contributed by atoms with E-state index >= 15 is 0 Å². The molecule has 4 heteroatoms. The molecular weight excluding hydrogens is 216 g/mol. The second-order valence-corrected chi connectivity index (χ2v) is 3.50. The maximum absolute atomic E-state index is 11.0. The summed E-state index contributed by atoms with van der Waals surface area (Å²) in [7, 11) is 0. The lowest BCUT2D eigenvalue weighted by molar-refractivity contribution is 0.377. The molecule has 0 aliphatic rings. The number of halogens is 1. The lowest BCUT2D eigenvalue weighted by Gasteiger charge is -1.97. The van der Waals surface area contributed by atoms with Crippen LogP contribution in [0.1, 0.15) is 12.7 Å². The van der Waals surface area contributed by atoms with Gasteiger partial charge in [-0.2, -0.15) is 0 Å². The van der Waals surface area contributed by atoms with Crippen molar-refractivity contribution in [1.29, 1.82) is 0 Å². The summed E-state index contributed by atoms with van der Waals surface area (Å²) in [5, 5.41) is 0.641. The maximum atomic E-state index is 11.0. The van der Waals surface area contributed by atoms with E-state index in [1.165, 1.54) is 0 Å². The van der Waals surface area contributed by atoms with Crippen LogP contribution in [-0.2, 0) is 6.42 Å². The van der Waals surface area contributed by atoms with E-state index in [2.05, 4.69) is 0 Å². The normalized spacial score (nSPS) is 10.5. The van der Waals surface area contributed by atoms with Crippen LogP contribution in [0.4, 0.5) is 0 Å². The van der Waals surface area contributed by atoms with E-state index < -0.39 is 5.82 Å². The fourth-order valence-corrected chi connectivity index (χ4v) is 1.49. The quantitative estimate of drug-likeness (QED) is 0.787. The van der Waals surface area contributed by atoms with Crippen molar-refractivity contribution in [3.8, 4) is 11.3 Å². The van der Waals surface area contributed by atoms with Crippen molar-refractivity contribution in [2.75, 3.05) is 0 Å². The average Bonchev–Trinajstić information content (AvgIpc) is 2.61. The molecule has 0 radical (unpaired) electrons. The van der Waals surface area contributed by atoms with Crippen LogP contribution in [0.3, 0.4) is 0 Å². The molecule has 0 N–H and O–H groups in total. The van der Waals surface area contributed by atoms with Crippen LogP contribution in [-0.4, -0.2) is 0 Å². The molecule has 2 rings (SSSR count). The largest absolute Gasteiger partial charge is 0.519 e. The Labute approximate surface area is 91.3 Å². The Morgan fingerprint density at radius 3 is 2.47 bits per heavy atom. The summed E-state index contributed by atoms with van der Waals surface area (Å²) in [4.78, 5) is 11.0. The van der Waals surface area contributed by atoms with Gasteiger partial charge in [-0.25, -0.2) is 4.79 Å². The molecule has 0 aliphatic carbocycles. The monoisotopic (exact) mass is 224 g/mol. The second-order valence-electron chi connectivity index (χ2n) is 3.07. The third kappa shape index (κ3) is 1.97. The van der Waals surface area contributed by atoms with Gasteiger partial charge in [-0.15, -0.1) is 0 Å². The topological polar surface area (TPSA) is 43.4 Å². The lowest BCUT2D eigenvalue weighted by atomic mass is 10.1. The summed E-state index contributed by atoms with van der Waals surface area (Å²) >= 11 is 5.76. The van der Waals surface area contributed by atoms with Crippen LogP contribution < -0.4 is 5.82 Å². The zero-order chi connectivity index (χ0) is 10.8. The van der Waals surface area contributed by atoms with Gasteiger partial charge in [0.25, 0.3) is 0 Å². The van der Waals surface area contributed by atoms with Gasteiger partial charge in [0, 0.05) is 17.0 Å². The Morgan fingerprint density at radius 1 is 1.20 bits per heavy atom. The van der Waals surface area contributed by atoms with Crippen molar-refractivity contribution < 1.29 is 8.83 Å². The van der Waals surface area contributed by atoms with Crippen LogP contribution in [0.2, 0.25) is 5.02 Å². The van der Waals surface area contributed by atoms with Crippen LogP contribution in [0.15, 0.2) is 37.9 Å². The van der Waals surface area contributed by atoms with Gasteiger partial charge in [0.2, 0.25) is 0 Å². The number of aryl methyl sites for hydroxylation is 1. The molecule has 15 heavy (non-hydrogen) atoms. The number of hydrogen-bond acceptors (Lipinski definition) is 3. The molecule has 0 bridgehead atoms. The molecule has 0 unspecified atom stereocenters. The van der Waals surface area contributed by atoms with Crippen molar-refractivity contribution in [1.82, 2.24) is 0 Å². The van der Waals surface area contributed by atoms with Crippen molar-refractivity contribution in [3.63, 3.8) is 0 Å². The van der Waals surface area contributed by atoms with Crippen molar-refractivity contribution in [2.45, 2.75) is 13.3 Å². The summed E-state index contributed by atoms with van der Waals surface area (Å²) in [6.45, 7) is 1.90. The highest BCUT2D eigenvalue weighted by molar-refractivity contribution is 6.30. The first-order chi connectivity index (χ1) is 7.20. The van der Waals surface area contributed by atoms with Gasteiger partial charge < -0.3 is 8.83 Å². The zero-order valence-corrected chi connectivity index (χ0v) is 8.88. The summed E-state index contributed by atoms with van der Waals surface area (Å²) in [5.74, 6) is 0.373. The first-order valence-corrected chi connectivity index (χ1v) is 4.97. The molecule has 1 aromatic heterocycles. The third-order valence-electron chi connectivity index (χ3n) is 2.07. The van der Waals surface area contributed by atoms with Crippen molar-refractivity contribution >= 4 is 11.6 Å². The fourth-order valence-electron chi connectivity index (χ4n) is 1.36. The first kappa shape index (κ1) is 10.1. The smallest absolute Gasteiger partial charge is 0.395 e. The Hall–Kier alpha value is -1.48. The van der Waals surface area contributed by atoms with Gasteiger partial charge in [-0.1, -0.05) is 18.5 Å². The van der Waals surface area contributed by atoms with Gasteiger partial charge in [-0.3, -0.25) is 0 Å². The standard InChI is InChI=1S/C11H9ClO3/c1-2-9-10(15-11(13)14-9)7-3-5-8(12)6-4-7/h3-6H,2H2,1H3. The number of hydrogen-bond donors (Lipinski definition) is 0. The molecule has 0 fully saturated rings. The highest BCUT2D eigenvalue weighted by Gasteiger charge is 2.12. The maximum Gasteiger partial charge on any atom is 0.519 e. The van der Waals surface area contributed by atoms with Gasteiger partial charge in [0.15, 0.2) is 11.5 Å². The van der Waals surface area contributed by atoms with Crippen LogP contribution in [0.25, 0.3) is 11.3 Å². The minimum atomic E-state index is -0.670. The summed E-state index contributed by atoms with van der Waals surface area (Å²) < 4.78 is 9.86. The molecule has 0 aliphatic heterocycles. The van der Waals surface area contributed by atoms with Crippen LogP contribution in [0.5, 0.6) is 0 Å². The van der Waals surface area contributed by atoms with Gasteiger partial charge in [-0.05, 0) is 24.3 Å². The van der Waals surface area contributed by atoms with E-state index in [0.29, 0.717) is 23.0 Å². The molecule has 0 saturated carbocycles. The van der Waals surface area contributed by atoms with Crippen LogP contribution >= 0.6 is 11.6 Å². The van der Waals surface area contributed by atoms with Crippen LogP contribution in [0, 0.1) is 0 Å². The van der Waals surface area contributed by atoms with Gasteiger partial charge in [0.1, 0.15) is 0 Å². The Morgan fingerprint density at radius 2 is 1.87 bits per heavy atom. The predicted octanol–water partition coefficient (Wildman–Crippen LogP) is 3.12. The summed E-state index contributed by atoms with van der Waals surface area (Å²) in [6, 6.07) is 7.05. The second kappa shape index (κ2) is 3.95. The van der Waals surface area contributed by atoms with E-state index in [1.54, 1.807) is 24.3 Å². The highest BCUT2D eigenvalue weighted by Crippen LogP contribution is 2.24. The molecule has 2 aromatic rings. The minimum absolute atomic E-state index is 0.485. The molecule has 0 amide bonds. The van der Waals surface area contributed by atoms with Gasteiger partial charge in [0.05, 0.1) is 0 Å². The third-order valence-corrected chi connectivity index (χ3v) is 2.32. The van der Waals surface area contributed by atoms with E-state index in [-0.39, 0.29) is 0 Å². The fraction of sp³-hybridized carbons (Fsp3) is 0.182. The molecule has 3 nitrogen and oxygen atoms in total. The molecule has 1 heterocycles. The van der Waals surface area contributed by atoms with Gasteiger partial charge >= 0.3 is 5.82 Å². The molecule has 0 spiro atoms. The minimum Gasteiger partial charge on any atom is -0.395 e. The first-order valence-electron chi connectivity index (χ1n) is 4.59. The predicted molar refractivity (Wildman–Crippen MR) is 57.1 cm³/mol. The van der Waals surface area contributed by atoms with E-state index in [9.17, 15) is 4.79 Å². The Bertz CT molecular complexity index is 507. The molecule has 78 valence electrons. The molecular formula is C11H9ClO3. The number of benzene rings is 1. The van der Waals surface area contributed by atoms with Crippen molar-refractivity contribution in [2.24, 2.45) is 0 Å². The summed E-state index contributed by atoms with van der Waals surface area (Å²) in [6.07, 6.45) is 0.615. The highest BCUT2D eigenvalue weighted by atomic mass is 35.5. The molecule has 0 atom stereocenters. The van der Waals surface area contributed by atoms with E-state index in [0.717, 1.165) is 5.56 Å². The lowest BCUT2D eigenvalue weighted by Crippen LogP contribution is -1.85. The average molecular weight is 225 g/mol. The van der Waals surface area contributed by atoms with E-state index in [4.69, 9.17) is 20.4 Å².